The number of hydrogen-bond donors (Lipinski definition) is 3. The second kappa shape index (κ2) is 17.3. The highest BCUT2D eigenvalue weighted by molar-refractivity contribution is 8.00. The molecule has 1 unspecified atom stereocenters. The van der Waals surface area contributed by atoms with Crippen LogP contribution in [0, 0.1) is 6.92 Å². The lowest BCUT2D eigenvalue weighted by Crippen LogP contribution is -2.30. The Hall–Kier alpha value is -5.71. The van der Waals surface area contributed by atoms with E-state index in [0.717, 1.165) is 16.0 Å². The molecule has 0 aliphatic rings. The van der Waals surface area contributed by atoms with Crippen LogP contribution in [0.3, 0.4) is 0 Å². The number of rotatable bonds is 13. The van der Waals surface area contributed by atoms with E-state index in [4.69, 9.17) is 25.8 Å². The third-order valence-corrected chi connectivity index (χ3v) is 9.43. The first-order valence-electron chi connectivity index (χ1n) is 15.8. The molecule has 0 saturated heterocycles. The molecule has 260 valence electrons. The second-order valence-corrected chi connectivity index (χ2v) is 12.7. The molecule has 0 fully saturated rings. The number of benzene rings is 5. The van der Waals surface area contributed by atoms with E-state index in [9.17, 15) is 14.4 Å². The molecular weight excluding hydrogens is 686 g/mol. The predicted octanol–water partition coefficient (Wildman–Crippen LogP) is 8.56. The molecule has 3 N–H and O–H groups in total. The molecule has 1 atom stereocenters. The van der Waals surface area contributed by atoms with Gasteiger partial charge in [-0.1, -0.05) is 66.2 Å². The number of carbonyl (C=O) groups is 3. The van der Waals surface area contributed by atoms with Gasteiger partial charge in [-0.2, -0.15) is 0 Å². The van der Waals surface area contributed by atoms with Crippen LogP contribution < -0.4 is 30.2 Å². The molecule has 0 aliphatic carbocycles. The van der Waals surface area contributed by atoms with Crippen molar-refractivity contribution in [2.75, 3.05) is 32.0 Å². The lowest BCUT2D eigenvalue weighted by Gasteiger charge is -2.18. The number of amides is 3. The summed E-state index contributed by atoms with van der Waals surface area (Å²) in [4.78, 5) is 41.3. The number of thioether (sulfide) groups is 1. The Balaban J connectivity index is 1.39. The normalized spacial score (nSPS) is 11.6. The van der Waals surface area contributed by atoms with Crippen LogP contribution >= 0.6 is 23.4 Å². The van der Waals surface area contributed by atoms with E-state index in [2.05, 4.69) is 16.0 Å². The smallest absolute Gasteiger partial charge is 0.272 e. The topological polar surface area (TPSA) is 115 Å². The fourth-order valence-corrected chi connectivity index (χ4v) is 6.29. The minimum Gasteiger partial charge on any atom is -0.493 e. The SMILES string of the molecule is COc1cc(/C=C(\NC(=O)c2ccccc2)C(=O)Nc2ccc(SC(C(=O)Nc3cccc(Cl)c3C)c3ccccc3)cc2)cc(OC)c1OC. The van der Waals surface area contributed by atoms with Gasteiger partial charge >= 0.3 is 0 Å². The predicted molar refractivity (Wildman–Crippen MR) is 203 cm³/mol. The van der Waals surface area contributed by atoms with E-state index in [1.807, 2.05) is 55.5 Å². The summed E-state index contributed by atoms with van der Waals surface area (Å²) < 4.78 is 16.4. The quantitative estimate of drug-likeness (QED) is 0.0825. The minimum atomic E-state index is -0.578. The van der Waals surface area contributed by atoms with Crippen LogP contribution in [0.15, 0.2) is 126 Å². The fourth-order valence-electron chi connectivity index (χ4n) is 5.09. The van der Waals surface area contributed by atoms with Crippen molar-refractivity contribution in [3.63, 3.8) is 0 Å². The number of ether oxygens (including phenoxy) is 3. The molecular formula is C40H36ClN3O6S. The van der Waals surface area contributed by atoms with Crippen molar-refractivity contribution in [1.29, 1.82) is 0 Å². The van der Waals surface area contributed by atoms with Gasteiger partial charge in [-0.05, 0) is 90.4 Å². The van der Waals surface area contributed by atoms with Crippen LogP contribution in [0.25, 0.3) is 6.08 Å². The fraction of sp³-hybridized carbons (Fsp3) is 0.125. The molecule has 5 rings (SSSR count). The van der Waals surface area contributed by atoms with Gasteiger partial charge < -0.3 is 30.2 Å². The average Bonchev–Trinajstić information content (AvgIpc) is 3.16. The van der Waals surface area contributed by atoms with Crippen molar-refractivity contribution < 1.29 is 28.6 Å². The minimum absolute atomic E-state index is 0.0197. The molecule has 0 radical (unpaired) electrons. The first-order chi connectivity index (χ1) is 24.7. The van der Waals surface area contributed by atoms with Crippen molar-refractivity contribution in [3.05, 3.63) is 148 Å². The summed E-state index contributed by atoms with van der Waals surface area (Å²) in [6, 6.07) is 33.9. The highest BCUT2D eigenvalue weighted by Crippen LogP contribution is 2.39. The highest BCUT2D eigenvalue weighted by atomic mass is 35.5. The zero-order valence-electron chi connectivity index (χ0n) is 28.4. The maximum atomic E-state index is 13.7. The van der Waals surface area contributed by atoms with Crippen molar-refractivity contribution in [2.45, 2.75) is 17.1 Å². The Bertz CT molecular complexity index is 2010. The standard InChI is InChI=1S/C40H36ClN3O6S/c1-25-31(41)16-11-17-32(25)43-40(47)37(27-12-7-5-8-13-27)51-30-20-18-29(19-21-30)42-39(46)33(44-38(45)28-14-9-6-10-15-28)22-26-23-34(48-2)36(50-4)35(24-26)49-3/h5-24,37H,1-4H3,(H,42,46)(H,43,47)(H,44,45)/b33-22-. The van der Waals surface area contributed by atoms with Crippen LogP contribution in [-0.2, 0) is 9.59 Å². The van der Waals surface area contributed by atoms with E-state index in [0.29, 0.717) is 44.8 Å². The number of carbonyl (C=O) groups excluding carboxylic acids is 3. The van der Waals surface area contributed by atoms with Gasteiger partial charge in [0.1, 0.15) is 10.9 Å². The van der Waals surface area contributed by atoms with E-state index < -0.39 is 17.1 Å². The zero-order valence-corrected chi connectivity index (χ0v) is 29.9. The van der Waals surface area contributed by atoms with Gasteiger partial charge in [-0.3, -0.25) is 14.4 Å². The molecule has 0 aliphatic heterocycles. The first-order valence-corrected chi connectivity index (χ1v) is 17.0. The molecule has 11 heteroatoms. The number of halogens is 1. The summed E-state index contributed by atoms with van der Waals surface area (Å²) in [7, 11) is 4.48. The molecule has 5 aromatic rings. The summed E-state index contributed by atoms with van der Waals surface area (Å²) in [5.41, 5.74) is 3.61. The molecule has 0 saturated carbocycles. The lowest BCUT2D eigenvalue weighted by molar-refractivity contribution is -0.116. The van der Waals surface area contributed by atoms with Crippen LogP contribution in [-0.4, -0.2) is 39.1 Å². The van der Waals surface area contributed by atoms with Gasteiger partial charge in [0, 0.05) is 26.9 Å². The molecule has 0 spiro atoms. The first kappa shape index (κ1) is 36.6. The van der Waals surface area contributed by atoms with Gasteiger partial charge in [0.2, 0.25) is 11.7 Å². The highest BCUT2D eigenvalue weighted by Gasteiger charge is 2.23. The van der Waals surface area contributed by atoms with E-state index >= 15 is 0 Å². The van der Waals surface area contributed by atoms with Crippen LogP contribution in [0.1, 0.15) is 32.3 Å². The Labute approximate surface area is 306 Å². The molecule has 0 bridgehead atoms. The summed E-state index contributed by atoms with van der Waals surface area (Å²) in [6.45, 7) is 1.86. The molecule has 51 heavy (non-hydrogen) atoms. The number of nitrogens with one attached hydrogen (secondary N) is 3. The molecule has 5 aromatic carbocycles. The number of methoxy groups -OCH3 is 3. The number of hydrogen-bond acceptors (Lipinski definition) is 7. The maximum Gasteiger partial charge on any atom is 0.272 e. The largest absolute Gasteiger partial charge is 0.493 e. The van der Waals surface area contributed by atoms with Crippen molar-refractivity contribution >= 4 is 58.5 Å². The van der Waals surface area contributed by atoms with Crippen molar-refractivity contribution in [2.24, 2.45) is 0 Å². The Kier molecular flexibility index (Phi) is 12.4. The Morgan fingerprint density at radius 1 is 0.745 bits per heavy atom. The Morgan fingerprint density at radius 3 is 1.98 bits per heavy atom. The molecule has 9 nitrogen and oxygen atoms in total. The molecule has 3 amide bonds. The third kappa shape index (κ3) is 9.30. The third-order valence-electron chi connectivity index (χ3n) is 7.76. The molecule has 0 heterocycles. The maximum absolute atomic E-state index is 13.7. The van der Waals surface area contributed by atoms with Gasteiger partial charge in [0.15, 0.2) is 11.5 Å². The summed E-state index contributed by atoms with van der Waals surface area (Å²) in [6.07, 6.45) is 1.52. The van der Waals surface area contributed by atoms with Crippen LogP contribution in [0.5, 0.6) is 17.2 Å². The van der Waals surface area contributed by atoms with Crippen molar-refractivity contribution in [1.82, 2.24) is 5.32 Å². The summed E-state index contributed by atoms with van der Waals surface area (Å²) in [5.74, 6) is -0.0713. The van der Waals surface area contributed by atoms with E-state index in [1.165, 1.54) is 39.2 Å². The molecule has 0 aromatic heterocycles. The van der Waals surface area contributed by atoms with Crippen molar-refractivity contribution in [3.8, 4) is 17.2 Å². The summed E-state index contributed by atoms with van der Waals surface area (Å²) in [5, 5.41) is 8.62. The second-order valence-electron chi connectivity index (χ2n) is 11.1. The van der Waals surface area contributed by atoms with Gasteiger partial charge in [0.05, 0.1) is 21.3 Å². The monoisotopic (exact) mass is 721 g/mol. The van der Waals surface area contributed by atoms with Crippen LogP contribution in [0.4, 0.5) is 11.4 Å². The van der Waals surface area contributed by atoms with Gasteiger partial charge in [-0.25, -0.2) is 0 Å². The van der Waals surface area contributed by atoms with Gasteiger partial charge in [0.25, 0.3) is 11.8 Å². The van der Waals surface area contributed by atoms with E-state index in [-0.39, 0.29) is 11.6 Å². The summed E-state index contributed by atoms with van der Waals surface area (Å²) >= 11 is 7.67. The Morgan fingerprint density at radius 2 is 1.37 bits per heavy atom. The number of anilines is 2. The lowest BCUT2D eigenvalue weighted by atomic mass is 10.1. The van der Waals surface area contributed by atoms with E-state index in [1.54, 1.807) is 66.7 Å². The zero-order chi connectivity index (χ0) is 36.3. The van der Waals surface area contributed by atoms with Crippen LogP contribution in [0.2, 0.25) is 5.02 Å². The van der Waals surface area contributed by atoms with Gasteiger partial charge in [-0.15, -0.1) is 11.8 Å². The average molecular weight is 722 g/mol.